The first-order chi connectivity index (χ1) is 7.17. The second kappa shape index (κ2) is 5.59. The Morgan fingerprint density at radius 1 is 1.60 bits per heavy atom. The van der Waals surface area contributed by atoms with Crippen LogP contribution in [-0.4, -0.2) is 30.1 Å². The zero-order valence-corrected chi connectivity index (χ0v) is 9.49. The minimum absolute atomic E-state index is 0.0877. The molecule has 4 heteroatoms. The van der Waals surface area contributed by atoms with Crippen molar-refractivity contribution in [3.8, 4) is 6.07 Å². The third-order valence-electron chi connectivity index (χ3n) is 2.93. The topological polar surface area (TPSA) is 56.1 Å². The van der Waals surface area contributed by atoms with E-state index in [2.05, 4.69) is 18.3 Å². The Hall–Kier alpha value is -1.24. The molecule has 0 aromatic carbocycles. The van der Waals surface area contributed by atoms with Crippen molar-refractivity contribution in [3.05, 3.63) is 0 Å². The number of nitrogens with zero attached hydrogens (tertiary/aromatic N) is 2. The van der Waals surface area contributed by atoms with Gasteiger partial charge in [-0.15, -0.1) is 0 Å². The van der Waals surface area contributed by atoms with E-state index < -0.39 is 0 Å². The number of carbonyl (C=O) groups is 1. The Labute approximate surface area is 91.2 Å². The predicted octanol–water partition coefficient (Wildman–Crippen LogP) is 1.73. The molecule has 1 unspecified atom stereocenters. The summed E-state index contributed by atoms with van der Waals surface area (Å²) < 4.78 is 0. The van der Waals surface area contributed by atoms with E-state index in [1.165, 1.54) is 0 Å². The Morgan fingerprint density at radius 2 is 2.20 bits per heavy atom. The third-order valence-corrected chi connectivity index (χ3v) is 2.93. The maximum atomic E-state index is 11.7. The lowest BCUT2D eigenvalue weighted by molar-refractivity contribution is 0.172. The van der Waals surface area contributed by atoms with E-state index in [1.54, 1.807) is 4.90 Å². The van der Waals surface area contributed by atoms with Gasteiger partial charge in [-0.2, -0.15) is 5.26 Å². The van der Waals surface area contributed by atoms with Crippen molar-refractivity contribution in [2.24, 2.45) is 5.92 Å². The maximum absolute atomic E-state index is 11.7. The van der Waals surface area contributed by atoms with E-state index in [0.29, 0.717) is 12.3 Å². The van der Waals surface area contributed by atoms with E-state index in [1.807, 2.05) is 6.92 Å². The molecule has 1 aliphatic rings. The standard InChI is InChI=1S/C11H19N3O/c1-3-10(8-12)13-11(15)14-6-4-9(2)5-7-14/h9-10H,3-7H2,1-2H3,(H,13,15). The highest BCUT2D eigenvalue weighted by molar-refractivity contribution is 5.74. The highest BCUT2D eigenvalue weighted by Crippen LogP contribution is 2.15. The number of amides is 2. The molecule has 0 spiro atoms. The van der Waals surface area contributed by atoms with Crippen LogP contribution in [0.4, 0.5) is 4.79 Å². The van der Waals surface area contributed by atoms with Gasteiger partial charge < -0.3 is 10.2 Å². The number of nitriles is 1. The van der Waals surface area contributed by atoms with Gasteiger partial charge in [0, 0.05) is 13.1 Å². The van der Waals surface area contributed by atoms with Crippen LogP contribution in [0.25, 0.3) is 0 Å². The lowest BCUT2D eigenvalue weighted by Crippen LogP contribution is -2.47. The lowest BCUT2D eigenvalue weighted by Gasteiger charge is -2.30. The van der Waals surface area contributed by atoms with Gasteiger partial charge in [-0.1, -0.05) is 13.8 Å². The maximum Gasteiger partial charge on any atom is 0.318 e. The average Bonchev–Trinajstić information content (AvgIpc) is 2.26. The molecule has 0 saturated carbocycles. The van der Waals surface area contributed by atoms with Crippen LogP contribution in [0.2, 0.25) is 0 Å². The van der Waals surface area contributed by atoms with E-state index >= 15 is 0 Å². The normalized spacial score (nSPS) is 19.4. The zero-order chi connectivity index (χ0) is 11.3. The molecule has 1 atom stereocenters. The van der Waals surface area contributed by atoms with Crippen LogP contribution < -0.4 is 5.32 Å². The second-order valence-corrected chi connectivity index (χ2v) is 4.21. The molecule has 1 saturated heterocycles. The number of nitrogens with one attached hydrogen (secondary N) is 1. The molecule has 4 nitrogen and oxygen atoms in total. The first-order valence-corrected chi connectivity index (χ1v) is 5.62. The molecule has 0 aromatic heterocycles. The van der Waals surface area contributed by atoms with Crippen molar-refractivity contribution in [2.45, 2.75) is 39.2 Å². The summed E-state index contributed by atoms with van der Waals surface area (Å²) >= 11 is 0. The van der Waals surface area contributed by atoms with Crippen molar-refractivity contribution in [3.63, 3.8) is 0 Å². The number of hydrogen-bond donors (Lipinski definition) is 1. The zero-order valence-electron chi connectivity index (χ0n) is 9.49. The van der Waals surface area contributed by atoms with Crippen molar-refractivity contribution in [2.75, 3.05) is 13.1 Å². The molecular weight excluding hydrogens is 190 g/mol. The fourth-order valence-electron chi connectivity index (χ4n) is 1.68. The van der Waals surface area contributed by atoms with Crippen LogP contribution >= 0.6 is 0 Å². The monoisotopic (exact) mass is 209 g/mol. The molecule has 2 amide bonds. The Kier molecular flexibility index (Phi) is 4.41. The Balaban J connectivity index is 2.37. The van der Waals surface area contributed by atoms with E-state index in [0.717, 1.165) is 25.9 Å². The number of piperidine rings is 1. The lowest BCUT2D eigenvalue weighted by atomic mass is 10.00. The summed E-state index contributed by atoms with van der Waals surface area (Å²) in [6, 6.07) is 1.63. The largest absolute Gasteiger partial charge is 0.325 e. The molecule has 0 radical (unpaired) electrons. The Bertz CT molecular complexity index is 251. The molecule has 1 fully saturated rings. The second-order valence-electron chi connectivity index (χ2n) is 4.21. The summed E-state index contributed by atoms with van der Waals surface area (Å²) in [4.78, 5) is 13.5. The first kappa shape index (κ1) is 11.8. The van der Waals surface area contributed by atoms with Gasteiger partial charge in [0.05, 0.1) is 6.07 Å². The van der Waals surface area contributed by atoms with Crippen molar-refractivity contribution in [1.29, 1.82) is 5.26 Å². The van der Waals surface area contributed by atoms with Crippen LogP contribution in [0.15, 0.2) is 0 Å². The van der Waals surface area contributed by atoms with Crippen LogP contribution in [0.1, 0.15) is 33.1 Å². The van der Waals surface area contributed by atoms with Crippen molar-refractivity contribution < 1.29 is 4.79 Å². The first-order valence-electron chi connectivity index (χ1n) is 5.62. The predicted molar refractivity (Wildman–Crippen MR) is 58.2 cm³/mol. The highest BCUT2D eigenvalue weighted by atomic mass is 16.2. The number of likely N-dealkylation sites (tertiary alicyclic amines) is 1. The highest BCUT2D eigenvalue weighted by Gasteiger charge is 2.21. The Morgan fingerprint density at radius 3 is 2.67 bits per heavy atom. The van der Waals surface area contributed by atoms with Crippen LogP contribution in [0.3, 0.4) is 0 Å². The van der Waals surface area contributed by atoms with E-state index in [9.17, 15) is 4.79 Å². The fourth-order valence-corrected chi connectivity index (χ4v) is 1.68. The van der Waals surface area contributed by atoms with Crippen molar-refractivity contribution in [1.82, 2.24) is 10.2 Å². The minimum atomic E-state index is -0.350. The van der Waals surface area contributed by atoms with Crippen molar-refractivity contribution >= 4 is 6.03 Å². The van der Waals surface area contributed by atoms with Gasteiger partial charge in [0.25, 0.3) is 0 Å². The van der Waals surface area contributed by atoms with Crippen LogP contribution in [0, 0.1) is 17.2 Å². The number of hydrogen-bond acceptors (Lipinski definition) is 2. The van der Waals surface area contributed by atoms with Gasteiger partial charge in [0.2, 0.25) is 0 Å². The molecular formula is C11H19N3O. The van der Waals surface area contributed by atoms with Gasteiger partial charge in [-0.05, 0) is 25.2 Å². The summed E-state index contributed by atoms with van der Waals surface area (Å²) in [7, 11) is 0. The van der Waals surface area contributed by atoms with E-state index in [4.69, 9.17) is 5.26 Å². The minimum Gasteiger partial charge on any atom is -0.325 e. The molecule has 15 heavy (non-hydrogen) atoms. The van der Waals surface area contributed by atoms with Gasteiger partial charge >= 0.3 is 6.03 Å². The summed E-state index contributed by atoms with van der Waals surface area (Å²) in [6.07, 6.45) is 2.79. The molecule has 84 valence electrons. The molecule has 1 heterocycles. The third kappa shape index (κ3) is 3.43. The number of rotatable bonds is 2. The van der Waals surface area contributed by atoms with Gasteiger partial charge in [-0.25, -0.2) is 4.79 Å². The number of urea groups is 1. The smallest absolute Gasteiger partial charge is 0.318 e. The van der Waals surface area contributed by atoms with Crippen LogP contribution in [-0.2, 0) is 0 Å². The summed E-state index contributed by atoms with van der Waals surface area (Å²) in [6.45, 7) is 5.73. The summed E-state index contributed by atoms with van der Waals surface area (Å²) in [5.41, 5.74) is 0. The molecule has 0 aromatic rings. The molecule has 1 rings (SSSR count). The van der Waals surface area contributed by atoms with Crippen LogP contribution in [0.5, 0.6) is 0 Å². The van der Waals surface area contributed by atoms with Gasteiger partial charge in [-0.3, -0.25) is 0 Å². The quantitative estimate of drug-likeness (QED) is 0.753. The molecule has 0 aliphatic carbocycles. The van der Waals surface area contributed by atoms with E-state index in [-0.39, 0.29) is 12.1 Å². The molecule has 1 aliphatic heterocycles. The number of carbonyl (C=O) groups excluding carboxylic acids is 1. The SMILES string of the molecule is CCC(C#N)NC(=O)N1CCC(C)CC1. The molecule has 1 N–H and O–H groups in total. The average molecular weight is 209 g/mol. The fraction of sp³-hybridized carbons (Fsp3) is 0.818. The van der Waals surface area contributed by atoms with Gasteiger partial charge in [0.15, 0.2) is 0 Å². The summed E-state index contributed by atoms with van der Waals surface area (Å²) in [5, 5.41) is 11.5. The molecule has 0 bridgehead atoms. The van der Waals surface area contributed by atoms with Gasteiger partial charge in [0.1, 0.15) is 6.04 Å². The summed E-state index contributed by atoms with van der Waals surface area (Å²) in [5.74, 6) is 0.715.